The molecule has 0 aliphatic rings. The molecule has 3 aromatic rings. The Morgan fingerprint density at radius 2 is 0.944 bits per heavy atom. The van der Waals surface area contributed by atoms with Gasteiger partial charge in [-0.2, -0.15) is 10.2 Å². The average molecular weight is 565 g/mol. The van der Waals surface area contributed by atoms with Crippen molar-refractivity contribution in [3.8, 4) is 23.3 Å². The third kappa shape index (κ3) is 15.6. The predicted octanol–water partition coefficient (Wildman–Crippen LogP) is -5.24. The topological polar surface area (TPSA) is 412 Å². The van der Waals surface area contributed by atoms with Crippen LogP contribution in [-0.2, 0) is 21.6 Å². The van der Waals surface area contributed by atoms with Crippen LogP contribution in [0.4, 0.5) is 11.9 Å². The van der Waals surface area contributed by atoms with E-state index in [1.54, 1.807) is 25.0 Å². The summed E-state index contributed by atoms with van der Waals surface area (Å²) in [7, 11) is -1.22. The molecule has 3 rings (SSSR count). The van der Waals surface area contributed by atoms with Crippen LogP contribution < -0.4 is 9.97 Å². The maximum absolute atomic E-state index is 10.2. The molecule has 0 unspecified atom stereocenters. The van der Waals surface area contributed by atoms with Crippen molar-refractivity contribution in [3.63, 3.8) is 0 Å². The first-order chi connectivity index (χ1) is 15.0. The van der Waals surface area contributed by atoms with E-state index in [1.807, 2.05) is 0 Å². The molecule has 0 aliphatic carbocycles. The van der Waals surface area contributed by atoms with E-state index in [9.17, 15) is 28.6 Å². The molecular weight excluding hydrogens is 540 g/mol. The van der Waals surface area contributed by atoms with Gasteiger partial charge in [0.25, 0.3) is 11.9 Å². The molecule has 206 valence electrons. The maximum Gasteiger partial charge on any atom is 0.295 e. The van der Waals surface area contributed by atoms with Gasteiger partial charge in [-0.3, -0.25) is 18.4 Å². The van der Waals surface area contributed by atoms with E-state index in [0.29, 0.717) is 0 Å². The Balaban J connectivity index is -0.000000377. The van der Waals surface area contributed by atoms with Gasteiger partial charge in [0.2, 0.25) is 23.3 Å². The fraction of sp³-hybridized carbons (Fsp3) is 0.400. The summed E-state index contributed by atoms with van der Waals surface area (Å²) in [4.78, 5) is 25.4. The van der Waals surface area contributed by atoms with Gasteiger partial charge in [-0.1, -0.05) is 0 Å². The Morgan fingerprint density at radius 1 is 0.694 bits per heavy atom. The van der Waals surface area contributed by atoms with Gasteiger partial charge in [0.1, 0.15) is 10.9 Å². The van der Waals surface area contributed by atoms with Crippen molar-refractivity contribution < 1.29 is 50.4 Å². The highest BCUT2D eigenvalue weighted by Crippen LogP contribution is 2.12. The zero-order valence-corrected chi connectivity index (χ0v) is 20.4. The lowest BCUT2D eigenvalue weighted by molar-refractivity contribution is -0.441. The molecule has 0 atom stereocenters. The third-order valence-electron chi connectivity index (χ3n) is 2.29. The van der Waals surface area contributed by atoms with Crippen LogP contribution in [0.3, 0.4) is 0 Å². The number of aromatic amines is 4. The van der Waals surface area contributed by atoms with E-state index in [2.05, 4.69) is 61.6 Å². The summed E-state index contributed by atoms with van der Waals surface area (Å²) in [6.07, 6.45) is 6.56. The van der Waals surface area contributed by atoms with Gasteiger partial charge in [0.15, 0.2) is 10.1 Å². The highest BCUT2D eigenvalue weighted by atomic mass is 32.2. The summed E-state index contributed by atoms with van der Waals surface area (Å²) in [5, 5.41) is 45.3. The van der Waals surface area contributed by atoms with E-state index >= 15 is 0 Å². The monoisotopic (exact) mass is 564 g/mol. The zero-order valence-electron chi connectivity index (χ0n) is 18.7. The van der Waals surface area contributed by atoms with Crippen LogP contribution in [0.25, 0.3) is 34.1 Å². The average Bonchev–Trinajstić information content (AvgIpc) is 3.30. The van der Waals surface area contributed by atoms with Crippen molar-refractivity contribution in [2.45, 2.75) is 0 Å². The summed E-state index contributed by atoms with van der Waals surface area (Å²) < 4.78 is 19.1. The summed E-state index contributed by atoms with van der Waals surface area (Å²) in [5.74, 6) is -0.589. The van der Waals surface area contributed by atoms with Gasteiger partial charge < -0.3 is 21.9 Å². The van der Waals surface area contributed by atoms with E-state index in [1.165, 1.54) is 0 Å². The lowest BCUT2D eigenvalue weighted by Gasteiger charge is -1.93. The zero-order chi connectivity index (χ0) is 24.3. The number of nitrogens with zero attached hydrogens (tertiary/aromatic N) is 10. The van der Waals surface area contributed by atoms with Gasteiger partial charge in [-0.25, -0.2) is 30.4 Å². The Bertz CT molecular complexity index is 999. The molecule has 0 saturated heterocycles. The minimum Gasteiger partial charge on any atom is -0.412 e. The Morgan fingerprint density at radius 3 is 1.17 bits per heavy atom. The van der Waals surface area contributed by atoms with E-state index in [4.69, 9.17) is 0 Å². The quantitative estimate of drug-likeness (QED) is 0.209. The number of nitrogens with one attached hydrogen (secondary N) is 4. The standard InChI is InChI=1S/C6H2N14O4.2C2H6OS.4H2O/c21-19(22)17-5-7-1(9-15-5)3-11-13-4(14-12-3)2-8-6(16-10-2)18-20(23)24;2*1-4(2)3;;;;/h(H2-2,7,8,9,10,15,16,17,18);2*1-2H3;4*1H2/q-2;;;;;;/p+2. The molecule has 0 bridgehead atoms. The second-order valence-electron chi connectivity index (χ2n) is 5.30. The van der Waals surface area contributed by atoms with Crippen molar-refractivity contribution in [2.75, 3.05) is 25.0 Å². The molecule has 0 spiro atoms. The van der Waals surface area contributed by atoms with Crippen LogP contribution in [0.2, 0.25) is 0 Å². The highest BCUT2D eigenvalue weighted by Gasteiger charge is 2.16. The minimum absolute atomic E-state index is 0. The highest BCUT2D eigenvalue weighted by molar-refractivity contribution is 7.83. The fourth-order valence-corrected chi connectivity index (χ4v) is 1.44. The first kappa shape index (κ1) is 39.0. The van der Waals surface area contributed by atoms with Crippen molar-refractivity contribution in [2.24, 2.45) is 0 Å². The molecule has 3 heterocycles. The van der Waals surface area contributed by atoms with Gasteiger partial charge in [0, 0.05) is 46.6 Å². The van der Waals surface area contributed by atoms with Crippen molar-refractivity contribution >= 4 is 33.5 Å². The van der Waals surface area contributed by atoms with Crippen LogP contribution >= 0.6 is 0 Å². The Labute approximate surface area is 204 Å². The number of nitro groups is 2. The molecule has 0 aliphatic heterocycles. The third-order valence-corrected chi connectivity index (χ3v) is 2.29. The Hall–Kier alpha value is -4.24. The summed E-state index contributed by atoms with van der Waals surface area (Å²) in [6.45, 7) is 0. The lowest BCUT2D eigenvalue weighted by atomic mass is 10.5. The fourth-order valence-electron chi connectivity index (χ4n) is 1.44. The molecule has 24 nitrogen and oxygen atoms in total. The number of rotatable bonds is 6. The molecule has 36 heavy (non-hydrogen) atoms. The van der Waals surface area contributed by atoms with Crippen molar-refractivity contribution in [1.82, 2.24) is 40.8 Å². The van der Waals surface area contributed by atoms with Gasteiger partial charge >= 0.3 is 0 Å². The first-order valence-corrected chi connectivity index (χ1v) is 11.7. The number of H-pyrrole nitrogens is 4. The van der Waals surface area contributed by atoms with Crippen LogP contribution in [0.5, 0.6) is 0 Å². The van der Waals surface area contributed by atoms with Crippen molar-refractivity contribution in [1.29, 1.82) is 0 Å². The van der Waals surface area contributed by atoms with Gasteiger partial charge in [0.05, 0.1) is 0 Å². The van der Waals surface area contributed by atoms with E-state index in [-0.39, 0.29) is 57.1 Å². The van der Waals surface area contributed by atoms with Crippen LogP contribution in [0.1, 0.15) is 0 Å². The minimum atomic E-state index is -0.921. The smallest absolute Gasteiger partial charge is 0.295 e. The van der Waals surface area contributed by atoms with E-state index < -0.39 is 31.7 Å². The molecule has 3 aromatic heterocycles. The number of hydrogen-bond acceptors (Lipinski definition) is 12. The molecule has 26 heteroatoms. The van der Waals surface area contributed by atoms with Gasteiger partial charge in [-0.15, -0.1) is 20.4 Å². The van der Waals surface area contributed by atoms with Crippen LogP contribution in [0, 0.1) is 20.2 Å². The molecule has 0 radical (unpaired) electrons. The Kier molecular flexibility index (Phi) is 20.7. The number of aromatic nitrogens is 10. The first-order valence-electron chi connectivity index (χ1n) is 7.73. The largest absolute Gasteiger partial charge is 0.412 e. The maximum atomic E-state index is 10.2. The van der Waals surface area contributed by atoms with Crippen molar-refractivity contribution in [3.05, 3.63) is 31.1 Å². The normalized spacial score (nSPS) is 8.83. The van der Waals surface area contributed by atoms with E-state index in [0.717, 1.165) is 0 Å². The van der Waals surface area contributed by atoms with Gasteiger partial charge in [-0.05, 0) is 0 Å². The molecule has 12 N–H and O–H groups in total. The lowest BCUT2D eigenvalue weighted by Crippen LogP contribution is -2.12. The molecule has 0 saturated carbocycles. The summed E-state index contributed by atoms with van der Waals surface area (Å²) in [6, 6.07) is 0. The SMILES string of the molecule is CS(C)=O.CS(C)=O.O.O.O.O.O=[N+]([O-])[N-]c1[nH]nc(-c2nnc(-c3n[nH]c([N-][N+](=O)[O-])[nH+]3)nn2)[nH+]1. The summed E-state index contributed by atoms with van der Waals surface area (Å²) in [5.41, 5.74) is 5.93. The molecule has 0 amide bonds. The second kappa shape index (κ2) is 19.1. The predicted molar refractivity (Wildman–Crippen MR) is 120 cm³/mol. The molecule has 0 aromatic carbocycles. The van der Waals surface area contributed by atoms with Crippen LogP contribution in [-0.4, -0.2) is 106 Å². The molecule has 0 fully saturated rings. The number of hydrogen-bond donors (Lipinski definition) is 2. The summed E-state index contributed by atoms with van der Waals surface area (Å²) >= 11 is 0. The second-order valence-corrected chi connectivity index (χ2v) is 8.26. The molecular formula is C10H24N14O10S2. The van der Waals surface area contributed by atoms with Crippen LogP contribution in [0.15, 0.2) is 0 Å².